The maximum absolute atomic E-state index is 12.9. The second-order valence-corrected chi connectivity index (χ2v) is 29.8. The lowest BCUT2D eigenvalue weighted by Gasteiger charge is -2.28. The van der Waals surface area contributed by atoms with Gasteiger partial charge in [-0.25, -0.2) is 0 Å². The molecule has 0 saturated carbocycles. The lowest BCUT2D eigenvalue weighted by atomic mass is 10.0. The minimum absolute atomic E-state index is 0.0290. The van der Waals surface area contributed by atoms with Crippen LogP contribution in [-0.4, -0.2) is 70.0 Å². The van der Waals surface area contributed by atoms with Crippen molar-refractivity contribution in [2.24, 2.45) is 0 Å². The zero-order valence-electron chi connectivity index (χ0n) is 61.8. The van der Waals surface area contributed by atoms with Crippen LogP contribution in [0.4, 0.5) is 0 Å². The van der Waals surface area contributed by atoms with Crippen molar-refractivity contribution in [1.29, 1.82) is 0 Å². The average Bonchev–Trinajstić information content (AvgIpc) is 2.23. The van der Waals surface area contributed by atoms with Gasteiger partial charge in [-0.3, -0.25) is 14.2 Å². The standard InChI is InChI=1S/C82H154NO8P/c1-6-8-10-12-14-16-18-20-22-24-26-28-30-32-34-36-38-40-41-43-44-46-48-50-52-54-56-58-60-62-64-66-68-70-72-74-81(84)88-78-80(79-90-92(86,87)89-77-76-83(3,4)5)91-82(85)75-73-71-69-67-65-63-61-59-57-55-53-51-49-47-45-42-39-37-35-33-31-29-27-25-23-21-19-17-15-13-11-9-7-2/h9,11,15,17,21,23,27,29,33,35,80H,6-8,10,12-14,16,18-20,22,24-26,28,30-32,34,36-79H2,1-5H3/b11-9-,17-15-,23-21-,29-27-,35-33-. The number of nitrogens with zero attached hydrogens (tertiary/aromatic N) is 1. The summed E-state index contributed by atoms with van der Waals surface area (Å²) in [6.07, 6.45) is 97.8. The Bertz CT molecular complexity index is 1740. The number of hydrogen-bond acceptors (Lipinski definition) is 8. The lowest BCUT2D eigenvalue weighted by molar-refractivity contribution is -0.870. The van der Waals surface area contributed by atoms with Gasteiger partial charge in [0.15, 0.2) is 6.10 Å². The van der Waals surface area contributed by atoms with Gasteiger partial charge in [-0.1, -0.05) is 389 Å². The molecule has 0 N–H and O–H groups in total. The van der Waals surface area contributed by atoms with Gasteiger partial charge >= 0.3 is 11.9 Å². The molecule has 0 aliphatic carbocycles. The number of rotatable bonds is 75. The molecule has 0 amide bonds. The van der Waals surface area contributed by atoms with Crippen molar-refractivity contribution in [1.82, 2.24) is 0 Å². The molecule has 540 valence electrons. The summed E-state index contributed by atoms with van der Waals surface area (Å²) in [5.74, 6) is -0.811. The van der Waals surface area contributed by atoms with Gasteiger partial charge < -0.3 is 27.9 Å². The van der Waals surface area contributed by atoms with E-state index < -0.39 is 26.5 Å². The van der Waals surface area contributed by atoms with Gasteiger partial charge in [-0.05, 0) is 57.8 Å². The van der Waals surface area contributed by atoms with Crippen molar-refractivity contribution in [2.45, 2.75) is 405 Å². The second kappa shape index (κ2) is 73.0. The quantitative estimate of drug-likeness (QED) is 0.0195. The van der Waals surface area contributed by atoms with Gasteiger partial charge in [-0.15, -0.1) is 0 Å². The SMILES string of the molecule is CC/C=C\C/C=C\C/C=C\C/C=C\C/C=C\CCCCCCCCCCCCCCCCCCCC(=O)OC(COC(=O)CCCCCCCCCCCCCCCCCCCCCCCCCCCCCCCCCCCCC)COP(=O)([O-])OCC[N+](C)(C)C. The van der Waals surface area contributed by atoms with E-state index in [1.165, 1.54) is 295 Å². The highest BCUT2D eigenvalue weighted by Crippen LogP contribution is 2.38. The van der Waals surface area contributed by atoms with E-state index in [4.69, 9.17) is 18.5 Å². The number of esters is 2. The Morgan fingerprint density at radius 2 is 0.620 bits per heavy atom. The monoisotopic (exact) mass is 1310 g/mol. The fraction of sp³-hybridized carbons (Fsp3) is 0.854. The Morgan fingerprint density at radius 1 is 0.348 bits per heavy atom. The Hall–Kier alpha value is -2.29. The normalized spacial score (nSPS) is 13.3. The molecule has 0 aliphatic rings. The van der Waals surface area contributed by atoms with E-state index in [0.717, 1.165) is 70.6 Å². The molecule has 0 aromatic rings. The van der Waals surface area contributed by atoms with E-state index in [9.17, 15) is 19.0 Å². The first-order valence-corrected chi connectivity index (χ1v) is 41.5. The highest BCUT2D eigenvalue weighted by atomic mass is 31.2. The van der Waals surface area contributed by atoms with E-state index >= 15 is 0 Å². The van der Waals surface area contributed by atoms with Crippen molar-refractivity contribution in [3.8, 4) is 0 Å². The number of quaternary nitrogens is 1. The van der Waals surface area contributed by atoms with Gasteiger partial charge in [0, 0.05) is 12.8 Å². The lowest BCUT2D eigenvalue weighted by Crippen LogP contribution is -2.37. The minimum Gasteiger partial charge on any atom is -0.756 e. The fourth-order valence-electron chi connectivity index (χ4n) is 12.0. The van der Waals surface area contributed by atoms with Crippen LogP contribution >= 0.6 is 7.82 Å². The summed E-state index contributed by atoms with van der Waals surface area (Å²) in [6.45, 7) is 4.20. The summed E-state index contributed by atoms with van der Waals surface area (Å²) in [7, 11) is 1.19. The summed E-state index contributed by atoms with van der Waals surface area (Å²) < 4.78 is 34.4. The molecule has 0 aliphatic heterocycles. The number of allylic oxidation sites excluding steroid dienone is 10. The molecule has 0 heterocycles. The number of phosphoric acid groups is 1. The van der Waals surface area contributed by atoms with Crippen LogP contribution in [0.3, 0.4) is 0 Å². The molecular formula is C82H154NO8P. The Kier molecular flexibility index (Phi) is 71.2. The van der Waals surface area contributed by atoms with Crippen molar-refractivity contribution < 1.29 is 42.1 Å². The van der Waals surface area contributed by atoms with Gasteiger partial charge in [0.05, 0.1) is 27.7 Å². The first-order chi connectivity index (χ1) is 45.0. The maximum atomic E-state index is 12.9. The smallest absolute Gasteiger partial charge is 0.306 e. The molecular weight excluding hydrogens is 1160 g/mol. The van der Waals surface area contributed by atoms with Gasteiger partial charge in [0.25, 0.3) is 7.82 Å². The molecule has 0 bridgehead atoms. The number of unbranched alkanes of at least 4 members (excludes halogenated alkanes) is 51. The Balaban J connectivity index is 3.92. The molecule has 92 heavy (non-hydrogen) atoms. The largest absolute Gasteiger partial charge is 0.756 e. The summed E-state index contributed by atoms with van der Waals surface area (Å²) in [6, 6.07) is 0. The van der Waals surface area contributed by atoms with Gasteiger partial charge in [0.2, 0.25) is 0 Å². The third-order valence-corrected chi connectivity index (χ3v) is 19.0. The van der Waals surface area contributed by atoms with E-state index in [0.29, 0.717) is 17.4 Å². The van der Waals surface area contributed by atoms with Crippen LogP contribution in [0.2, 0.25) is 0 Å². The Morgan fingerprint density at radius 3 is 0.924 bits per heavy atom. The molecule has 0 rings (SSSR count). The number of carbonyl (C=O) groups is 2. The van der Waals surface area contributed by atoms with Crippen molar-refractivity contribution in [3.63, 3.8) is 0 Å². The first kappa shape index (κ1) is 89.7. The van der Waals surface area contributed by atoms with Crippen LogP contribution in [0, 0.1) is 0 Å². The summed E-state index contributed by atoms with van der Waals surface area (Å²) in [5, 5.41) is 0. The number of phosphoric ester groups is 1. The molecule has 0 fully saturated rings. The number of hydrogen-bond donors (Lipinski definition) is 0. The molecule has 0 spiro atoms. The van der Waals surface area contributed by atoms with Crippen LogP contribution < -0.4 is 4.89 Å². The predicted molar refractivity (Wildman–Crippen MR) is 397 cm³/mol. The predicted octanol–water partition coefficient (Wildman–Crippen LogP) is 25.9. The molecule has 0 aromatic carbocycles. The molecule has 2 atom stereocenters. The third kappa shape index (κ3) is 76.7. The van der Waals surface area contributed by atoms with Gasteiger partial charge in [-0.2, -0.15) is 0 Å². The van der Waals surface area contributed by atoms with Crippen LogP contribution in [0.25, 0.3) is 0 Å². The van der Waals surface area contributed by atoms with Crippen molar-refractivity contribution in [3.05, 3.63) is 60.8 Å². The Labute approximate surface area is 572 Å². The van der Waals surface area contributed by atoms with Crippen LogP contribution in [-0.2, 0) is 32.7 Å². The van der Waals surface area contributed by atoms with Crippen LogP contribution in [0.15, 0.2) is 60.8 Å². The number of likely N-dealkylation sites (N-methyl/N-ethyl adjacent to an activating group) is 1. The second-order valence-electron chi connectivity index (χ2n) is 28.4. The van der Waals surface area contributed by atoms with Gasteiger partial charge in [0.1, 0.15) is 19.8 Å². The fourth-order valence-corrected chi connectivity index (χ4v) is 12.7. The number of carbonyl (C=O) groups excluding carboxylic acids is 2. The molecule has 0 saturated heterocycles. The zero-order chi connectivity index (χ0) is 66.9. The van der Waals surface area contributed by atoms with E-state index in [2.05, 4.69) is 74.6 Å². The number of ether oxygens (including phenoxy) is 2. The molecule has 2 unspecified atom stereocenters. The van der Waals surface area contributed by atoms with Crippen LogP contribution in [0.5, 0.6) is 0 Å². The molecule has 0 aromatic heterocycles. The molecule has 9 nitrogen and oxygen atoms in total. The topological polar surface area (TPSA) is 111 Å². The van der Waals surface area contributed by atoms with E-state index in [1.807, 2.05) is 21.1 Å². The third-order valence-electron chi connectivity index (χ3n) is 18.1. The van der Waals surface area contributed by atoms with E-state index in [1.54, 1.807) is 0 Å². The summed E-state index contributed by atoms with van der Waals surface area (Å²) in [4.78, 5) is 38.2. The minimum atomic E-state index is -4.64. The summed E-state index contributed by atoms with van der Waals surface area (Å²) >= 11 is 0. The van der Waals surface area contributed by atoms with Crippen molar-refractivity contribution in [2.75, 3.05) is 47.5 Å². The van der Waals surface area contributed by atoms with E-state index in [-0.39, 0.29) is 32.0 Å². The average molecular weight is 1310 g/mol. The first-order valence-electron chi connectivity index (χ1n) is 40.0. The van der Waals surface area contributed by atoms with Crippen molar-refractivity contribution >= 4 is 19.8 Å². The molecule has 10 heteroatoms. The maximum Gasteiger partial charge on any atom is 0.306 e. The molecule has 0 radical (unpaired) electrons. The summed E-state index contributed by atoms with van der Waals surface area (Å²) in [5.41, 5.74) is 0. The van der Waals surface area contributed by atoms with Crippen LogP contribution in [0.1, 0.15) is 399 Å². The highest BCUT2D eigenvalue weighted by molar-refractivity contribution is 7.45. The zero-order valence-corrected chi connectivity index (χ0v) is 62.7. The highest BCUT2D eigenvalue weighted by Gasteiger charge is 2.22.